The lowest BCUT2D eigenvalue weighted by Gasteiger charge is -2.13. The largest absolute Gasteiger partial charge is 0.378 e. The highest BCUT2D eigenvalue weighted by Gasteiger charge is 2.10. The van der Waals surface area contributed by atoms with Crippen LogP contribution in [-0.2, 0) is 0 Å². The zero-order valence-electron chi connectivity index (χ0n) is 11.8. The van der Waals surface area contributed by atoms with Crippen LogP contribution in [0, 0.1) is 6.92 Å². The van der Waals surface area contributed by atoms with Crippen molar-refractivity contribution in [3.63, 3.8) is 0 Å². The molecule has 0 spiro atoms. The van der Waals surface area contributed by atoms with E-state index in [0.29, 0.717) is 5.56 Å². The van der Waals surface area contributed by atoms with Gasteiger partial charge in [0, 0.05) is 29.9 Å². The molecule has 2 aromatic rings. The molecule has 0 aliphatic carbocycles. The minimum atomic E-state index is -0.113. The number of nitrogens with one attached hydrogen (secondary N) is 1. The third-order valence-electron chi connectivity index (χ3n) is 3.01. The molecular weight excluding hydrogens is 316 g/mol. The van der Waals surface area contributed by atoms with Gasteiger partial charge in [-0.05, 0) is 59.3 Å². The van der Waals surface area contributed by atoms with Crippen molar-refractivity contribution in [3.05, 3.63) is 58.1 Å². The summed E-state index contributed by atoms with van der Waals surface area (Å²) in [5.41, 5.74) is 3.58. The summed E-state index contributed by atoms with van der Waals surface area (Å²) in [5.74, 6) is -0.113. The van der Waals surface area contributed by atoms with Crippen molar-refractivity contribution >= 4 is 33.2 Å². The van der Waals surface area contributed by atoms with Crippen LogP contribution in [0.4, 0.5) is 11.4 Å². The SMILES string of the molecule is Cc1ccc(Br)c(C(=O)Nc2ccc(N(C)C)cc2)c1. The second kappa shape index (κ2) is 6.09. The van der Waals surface area contributed by atoms with Crippen LogP contribution in [0.2, 0.25) is 0 Å². The van der Waals surface area contributed by atoms with E-state index in [2.05, 4.69) is 21.2 Å². The van der Waals surface area contributed by atoms with Gasteiger partial charge in [-0.25, -0.2) is 0 Å². The van der Waals surface area contributed by atoms with Gasteiger partial charge < -0.3 is 10.2 Å². The van der Waals surface area contributed by atoms with E-state index in [4.69, 9.17) is 0 Å². The van der Waals surface area contributed by atoms with E-state index in [1.165, 1.54) is 0 Å². The van der Waals surface area contributed by atoms with Crippen molar-refractivity contribution in [1.29, 1.82) is 0 Å². The van der Waals surface area contributed by atoms with E-state index in [1.807, 2.05) is 68.4 Å². The van der Waals surface area contributed by atoms with Crippen molar-refractivity contribution in [2.45, 2.75) is 6.92 Å². The van der Waals surface area contributed by atoms with Crippen LogP contribution in [0.5, 0.6) is 0 Å². The molecule has 0 bridgehead atoms. The Morgan fingerprint density at radius 3 is 2.35 bits per heavy atom. The van der Waals surface area contributed by atoms with Gasteiger partial charge in [-0.3, -0.25) is 4.79 Å². The lowest BCUT2D eigenvalue weighted by Crippen LogP contribution is -2.13. The molecular formula is C16H17BrN2O. The summed E-state index contributed by atoms with van der Waals surface area (Å²) in [6, 6.07) is 13.5. The summed E-state index contributed by atoms with van der Waals surface area (Å²) in [7, 11) is 3.97. The molecule has 0 fully saturated rings. The van der Waals surface area contributed by atoms with Gasteiger partial charge in [0.05, 0.1) is 5.56 Å². The van der Waals surface area contributed by atoms with Crippen molar-refractivity contribution in [2.24, 2.45) is 0 Å². The van der Waals surface area contributed by atoms with Crippen LogP contribution in [0.15, 0.2) is 46.9 Å². The van der Waals surface area contributed by atoms with Gasteiger partial charge in [-0.1, -0.05) is 11.6 Å². The summed E-state index contributed by atoms with van der Waals surface area (Å²) < 4.78 is 0.797. The topological polar surface area (TPSA) is 32.3 Å². The Labute approximate surface area is 127 Å². The van der Waals surface area contributed by atoms with Gasteiger partial charge in [-0.15, -0.1) is 0 Å². The molecule has 0 atom stereocenters. The second-order valence-corrected chi connectivity index (χ2v) is 5.73. The fourth-order valence-electron chi connectivity index (χ4n) is 1.85. The summed E-state index contributed by atoms with van der Waals surface area (Å²) >= 11 is 3.41. The minimum absolute atomic E-state index is 0.113. The molecule has 2 aromatic carbocycles. The Morgan fingerprint density at radius 1 is 1.10 bits per heavy atom. The van der Waals surface area contributed by atoms with E-state index in [9.17, 15) is 4.79 Å². The minimum Gasteiger partial charge on any atom is -0.378 e. The fraction of sp³-hybridized carbons (Fsp3) is 0.188. The summed E-state index contributed by atoms with van der Waals surface area (Å²) in [6.07, 6.45) is 0. The van der Waals surface area contributed by atoms with E-state index in [-0.39, 0.29) is 5.91 Å². The van der Waals surface area contributed by atoms with E-state index in [1.54, 1.807) is 0 Å². The first-order valence-corrected chi connectivity index (χ1v) is 7.11. The smallest absolute Gasteiger partial charge is 0.256 e. The first-order valence-electron chi connectivity index (χ1n) is 6.32. The molecule has 2 rings (SSSR count). The van der Waals surface area contributed by atoms with Crippen LogP contribution in [-0.4, -0.2) is 20.0 Å². The lowest BCUT2D eigenvalue weighted by molar-refractivity contribution is 0.102. The Bertz CT molecular complexity index is 621. The van der Waals surface area contributed by atoms with E-state index < -0.39 is 0 Å². The molecule has 1 N–H and O–H groups in total. The molecule has 0 aliphatic heterocycles. The highest BCUT2D eigenvalue weighted by atomic mass is 79.9. The number of carbonyl (C=O) groups excluding carboxylic acids is 1. The predicted octanol–water partition coefficient (Wildman–Crippen LogP) is 4.08. The maximum absolute atomic E-state index is 12.3. The van der Waals surface area contributed by atoms with E-state index in [0.717, 1.165) is 21.4 Å². The molecule has 4 heteroatoms. The first-order chi connectivity index (χ1) is 9.47. The Morgan fingerprint density at radius 2 is 1.75 bits per heavy atom. The number of carbonyl (C=O) groups is 1. The third-order valence-corrected chi connectivity index (χ3v) is 3.70. The number of hydrogen-bond donors (Lipinski definition) is 1. The average molecular weight is 333 g/mol. The maximum atomic E-state index is 12.3. The van der Waals surface area contributed by atoms with Gasteiger partial charge in [0.25, 0.3) is 5.91 Å². The number of anilines is 2. The predicted molar refractivity (Wildman–Crippen MR) is 87.6 cm³/mol. The van der Waals surface area contributed by atoms with Crippen LogP contribution in [0.25, 0.3) is 0 Å². The molecule has 20 heavy (non-hydrogen) atoms. The summed E-state index contributed by atoms with van der Waals surface area (Å²) in [6.45, 7) is 1.97. The Kier molecular flexibility index (Phi) is 4.45. The van der Waals surface area contributed by atoms with E-state index >= 15 is 0 Å². The normalized spacial score (nSPS) is 10.2. The van der Waals surface area contributed by atoms with Crippen LogP contribution >= 0.6 is 15.9 Å². The van der Waals surface area contributed by atoms with Crippen molar-refractivity contribution < 1.29 is 4.79 Å². The summed E-state index contributed by atoms with van der Waals surface area (Å²) in [4.78, 5) is 14.3. The molecule has 0 aliphatic rings. The van der Waals surface area contributed by atoms with Gasteiger partial charge >= 0.3 is 0 Å². The van der Waals surface area contributed by atoms with Crippen molar-refractivity contribution in [1.82, 2.24) is 0 Å². The Balaban J connectivity index is 2.17. The molecule has 0 saturated heterocycles. The van der Waals surface area contributed by atoms with Gasteiger partial charge in [-0.2, -0.15) is 0 Å². The van der Waals surface area contributed by atoms with Crippen LogP contribution < -0.4 is 10.2 Å². The zero-order chi connectivity index (χ0) is 14.7. The number of halogens is 1. The number of hydrogen-bond acceptors (Lipinski definition) is 2. The van der Waals surface area contributed by atoms with Crippen molar-refractivity contribution in [3.8, 4) is 0 Å². The highest BCUT2D eigenvalue weighted by Crippen LogP contribution is 2.21. The monoisotopic (exact) mass is 332 g/mol. The molecule has 0 radical (unpaired) electrons. The molecule has 0 saturated carbocycles. The number of benzene rings is 2. The fourth-order valence-corrected chi connectivity index (χ4v) is 2.28. The molecule has 3 nitrogen and oxygen atoms in total. The third kappa shape index (κ3) is 3.39. The van der Waals surface area contributed by atoms with Gasteiger partial charge in [0.1, 0.15) is 0 Å². The number of amides is 1. The average Bonchev–Trinajstić information content (AvgIpc) is 2.42. The number of aryl methyl sites for hydroxylation is 1. The standard InChI is InChI=1S/C16H17BrN2O/c1-11-4-9-15(17)14(10-11)16(20)18-12-5-7-13(8-6-12)19(2)3/h4-10H,1-3H3,(H,18,20). The molecule has 1 amide bonds. The van der Waals surface area contributed by atoms with Crippen LogP contribution in [0.1, 0.15) is 15.9 Å². The second-order valence-electron chi connectivity index (χ2n) is 4.88. The summed E-state index contributed by atoms with van der Waals surface area (Å²) in [5, 5.41) is 2.90. The zero-order valence-corrected chi connectivity index (χ0v) is 13.4. The van der Waals surface area contributed by atoms with Gasteiger partial charge in [0.15, 0.2) is 0 Å². The molecule has 104 valence electrons. The van der Waals surface area contributed by atoms with Gasteiger partial charge in [0.2, 0.25) is 0 Å². The quantitative estimate of drug-likeness (QED) is 0.918. The molecule has 0 heterocycles. The molecule has 0 aromatic heterocycles. The number of rotatable bonds is 3. The number of nitrogens with zero attached hydrogens (tertiary/aromatic N) is 1. The lowest BCUT2D eigenvalue weighted by atomic mass is 10.1. The maximum Gasteiger partial charge on any atom is 0.256 e. The highest BCUT2D eigenvalue weighted by molar-refractivity contribution is 9.10. The molecule has 0 unspecified atom stereocenters. The van der Waals surface area contributed by atoms with Crippen molar-refractivity contribution in [2.75, 3.05) is 24.3 Å². The van der Waals surface area contributed by atoms with Crippen LogP contribution in [0.3, 0.4) is 0 Å². The Hall–Kier alpha value is -1.81. The first kappa shape index (κ1) is 14.6.